The molecule has 0 aromatic carbocycles. The van der Waals surface area contributed by atoms with E-state index in [1.165, 1.54) is 45.3 Å². The minimum Gasteiger partial charge on any atom is -0.329 e. The lowest BCUT2D eigenvalue weighted by Crippen LogP contribution is -2.66. The van der Waals surface area contributed by atoms with Crippen molar-refractivity contribution in [2.45, 2.75) is 71.0 Å². The molecule has 1 aliphatic carbocycles. The molecule has 0 aromatic rings. The predicted octanol–water partition coefficient (Wildman–Crippen LogP) is 2.31. The number of nitrogens with two attached hydrogens (primary N) is 1. The second-order valence-electron chi connectivity index (χ2n) is 8.55. The van der Waals surface area contributed by atoms with Crippen LogP contribution < -0.4 is 5.73 Å². The first-order valence-electron chi connectivity index (χ1n) is 8.59. The van der Waals surface area contributed by atoms with E-state index in [-0.39, 0.29) is 5.54 Å². The Hall–Kier alpha value is -0.120. The molecule has 4 atom stereocenters. The van der Waals surface area contributed by atoms with Gasteiger partial charge in [0.25, 0.3) is 0 Å². The maximum atomic E-state index is 6.36. The molecule has 3 fully saturated rings. The first-order valence-corrected chi connectivity index (χ1v) is 8.59. The summed E-state index contributed by atoms with van der Waals surface area (Å²) >= 11 is 0. The summed E-state index contributed by atoms with van der Waals surface area (Å²) < 4.78 is 0. The lowest BCUT2D eigenvalue weighted by Gasteiger charge is -2.53. The van der Waals surface area contributed by atoms with Gasteiger partial charge in [-0.15, -0.1) is 0 Å². The Morgan fingerprint density at radius 2 is 1.95 bits per heavy atom. The number of hydrogen-bond donors (Lipinski definition) is 1. The van der Waals surface area contributed by atoms with Crippen molar-refractivity contribution in [3.05, 3.63) is 0 Å². The molecule has 3 heteroatoms. The van der Waals surface area contributed by atoms with E-state index in [1.54, 1.807) is 0 Å². The molecule has 0 bridgehead atoms. The zero-order valence-electron chi connectivity index (χ0n) is 13.9. The molecule has 116 valence electrons. The molecule has 2 saturated heterocycles. The molecular weight excluding hydrogens is 246 g/mol. The summed E-state index contributed by atoms with van der Waals surface area (Å²) in [7, 11) is 0. The van der Waals surface area contributed by atoms with E-state index < -0.39 is 0 Å². The molecule has 0 amide bonds. The highest BCUT2D eigenvalue weighted by Crippen LogP contribution is 2.51. The van der Waals surface area contributed by atoms with Crippen molar-refractivity contribution in [2.24, 2.45) is 17.1 Å². The van der Waals surface area contributed by atoms with Crippen molar-refractivity contribution in [3.63, 3.8) is 0 Å². The first-order chi connectivity index (χ1) is 9.38. The Labute approximate surface area is 124 Å². The van der Waals surface area contributed by atoms with Gasteiger partial charge in [-0.25, -0.2) is 0 Å². The van der Waals surface area contributed by atoms with Gasteiger partial charge in [0, 0.05) is 37.3 Å². The standard InChI is InChI=1S/C17H33N3/c1-13-8-16(3,4)11-17(13,12-18)20-10-15-6-5-7-19(15)9-14(20)2/h13-15H,5-12,18H2,1-4H3. The summed E-state index contributed by atoms with van der Waals surface area (Å²) in [6.07, 6.45) is 5.38. The molecule has 2 N–H and O–H groups in total. The Balaban J connectivity index is 1.85. The minimum absolute atomic E-state index is 0.248. The van der Waals surface area contributed by atoms with E-state index in [0.717, 1.165) is 18.5 Å². The van der Waals surface area contributed by atoms with Crippen LogP contribution >= 0.6 is 0 Å². The number of fused-ring (bicyclic) bond motifs is 1. The monoisotopic (exact) mass is 279 g/mol. The van der Waals surface area contributed by atoms with Crippen molar-refractivity contribution >= 4 is 0 Å². The Kier molecular flexibility index (Phi) is 3.67. The Morgan fingerprint density at radius 1 is 1.20 bits per heavy atom. The smallest absolute Gasteiger partial charge is 0.0366 e. The van der Waals surface area contributed by atoms with E-state index in [4.69, 9.17) is 5.73 Å². The predicted molar refractivity (Wildman–Crippen MR) is 84.7 cm³/mol. The molecule has 3 aliphatic rings. The Morgan fingerprint density at radius 3 is 2.55 bits per heavy atom. The molecule has 2 heterocycles. The molecule has 2 aliphatic heterocycles. The van der Waals surface area contributed by atoms with Gasteiger partial charge in [0.05, 0.1) is 0 Å². The molecule has 3 nitrogen and oxygen atoms in total. The summed E-state index contributed by atoms with van der Waals surface area (Å²) in [5.41, 5.74) is 7.05. The van der Waals surface area contributed by atoms with Crippen LogP contribution in [0.3, 0.4) is 0 Å². The normalized spacial score (nSPS) is 45.8. The fourth-order valence-corrected chi connectivity index (χ4v) is 5.68. The van der Waals surface area contributed by atoms with Crippen molar-refractivity contribution in [1.82, 2.24) is 9.80 Å². The van der Waals surface area contributed by atoms with Crippen molar-refractivity contribution in [1.29, 1.82) is 0 Å². The van der Waals surface area contributed by atoms with Gasteiger partial charge in [-0.05, 0) is 50.5 Å². The molecule has 1 saturated carbocycles. The molecule has 0 aromatic heterocycles. The number of nitrogens with zero attached hydrogens (tertiary/aromatic N) is 2. The van der Waals surface area contributed by atoms with Crippen molar-refractivity contribution < 1.29 is 0 Å². The van der Waals surface area contributed by atoms with Gasteiger partial charge in [-0.1, -0.05) is 20.8 Å². The van der Waals surface area contributed by atoms with Crippen LogP contribution in [0.2, 0.25) is 0 Å². The number of piperazine rings is 1. The topological polar surface area (TPSA) is 32.5 Å². The highest BCUT2D eigenvalue weighted by atomic mass is 15.4. The van der Waals surface area contributed by atoms with E-state index in [0.29, 0.717) is 11.5 Å². The zero-order chi connectivity index (χ0) is 14.5. The maximum absolute atomic E-state index is 6.36. The molecule has 20 heavy (non-hydrogen) atoms. The SMILES string of the molecule is CC1CN2CCCC2CN1C1(CN)CC(C)(C)CC1C. The van der Waals surface area contributed by atoms with Crippen LogP contribution in [0, 0.1) is 11.3 Å². The van der Waals surface area contributed by atoms with Gasteiger partial charge in [-0.3, -0.25) is 9.80 Å². The Bertz CT molecular complexity index is 367. The lowest BCUT2D eigenvalue weighted by atomic mass is 9.82. The highest BCUT2D eigenvalue weighted by molar-refractivity contribution is 5.09. The average Bonchev–Trinajstić information content (AvgIpc) is 2.89. The molecule has 0 spiro atoms. The molecule has 4 unspecified atom stereocenters. The van der Waals surface area contributed by atoms with Crippen molar-refractivity contribution in [3.8, 4) is 0 Å². The maximum Gasteiger partial charge on any atom is 0.0366 e. The van der Waals surface area contributed by atoms with Gasteiger partial charge in [0.1, 0.15) is 0 Å². The molecule has 3 rings (SSSR count). The van der Waals surface area contributed by atoms with E-state index in [1.807, 2.05) is 0 Å². The van der Waals surface area contributed by atoms with Gasteiger partial charge in [0.15, 0.2) is 0 Å². The molecule has 0 radical (unpaired) electrons. The fraction of sp³-hybridized carbons (Fsp3) is 1.00. The average molecular weight is 279 g/mol. The summed E-state index contributed by atoms with van der Waals surface area (Å²) in [4.78, 5) is 5.54. The largest absolute Gasteiger partial charge is 0.329 e. The number of hydrogen-bond acceptors (Lipinski definition) is 3. The van der Waals surface area contributed by atoms with Crippen LogP contribution in [0.1, 0.15) is 53.4 Å². The minimum atomic E-state index is 0.248. The van der Waals surface area contributed by atoms with Gasteiger partial charge < -0.3 is 5.73 Å². The third-order valence-electron chi connectivity index (χ3n) is 6.42. The summed E-state index contributed by atoms with van der Waals surface area (Å²) in [5.74, 6) is 0.720. The second kappa shape index (κ2) is 4.96. The molecular formula is C17H33N3. The van der Waals surface area contributed by atoms with Crippen LogP contribution in [0.4, 0.5) is 0 Å². The second-order valence-corrected chi connectivity index (χ2v) is 8.55. The lowest BCUT2D eigenvalue weighted by molar-refractivity contribution is -0.0381. The van der Waals surface area contributed by atoms with E-state index >= 15 is 0 Å². The summed E-state index contributed by atoms with van der Waals surface area (Å²) in [6.45, 7) is 14.4. The quantitative estimate of drug-likeness (QED) is 0.842. The van der Waals surface area contributed by atoms with Crippen LogP contribution in [-0.2, 0) is 0 Å². The highest BCUT2D eigenvalue weighted by Gasteiger charge is 2.54. The van der Waals surface area contributed by atoms with Gasteiger partial charge in [-0.2, -0.15) is 0 Å². The van der Waals surface area contributed by atoms with E-state index in [2.05, 4.69) is 37.5 Å². The third kappa shape index (κ3) is 2.22. The summed E-state index contributed by atoms with van der Waals surface area (Å²) in [5, 5.41) is 0. The third-order valence-corrected chi connectivity index (χ3v) is 6.42. The number of rotatable bonds is 2. The van der Waals surface area contributed by atoms with Crippen LogP contribution in [0.5, 0.6) is 0 Å². The van der Waals surface area contributed by atoms with Crippen molar-refractivity contribution in [2.75, 3.05) is 26.2 Å². The first kappa shape index (κ1) is 14.8. The zero-order valence-corrected chi connectivity index (χ0v) is 13.9. The van der Waals surface area contributed by atoms with Crippen LogP contribution in [0.15, 0.2) is 0 Å². The van der Waals surface area contributed by atoms with Gasteiger partial charge in [0.2, 0.25) is 0 Å². The van der Waals surface area contributed by atoms with E-state index in [9.17, 15) is 0 Å². The summed E-state index contributed by atoms with van der Waals surface area (Å²) in [6, 6.07) is 1.45. The van der Waals surface area contributed by atoms with Crippen LogP contribution in [0.25, 0.3) is 0 Å². The fourth-order valence-electron chi connectivity index (χ4n) is 5.68. The van der Waals surface area contributed by atoms with Gasteiger partial charge >= 0.3 is 0 Å². The van der Waals surface area contributed by atoms with Crippen LogP contribution in [-0.4, -0.2) is 53.6 Å².